The molecule has 15 nitrogen and oxygen atoms in total. The highest BCUT2D eigenvalue weighted by Gasteiger charge is 2.42. The van der Waals surface area contributed by atoms with E-state index < -0.39 is 42.4 Å². The van der Waals surface area contributed by atoms with Crippen molar-refractivity contribution in [2.24, 2.45) is 5.92 Å². The standard InChI is InChI=1S/C12H19N4O11P3/c1-7-4-8(5-24-29(20,21)27-30(22,23)26-28(17,18)19)25-12(7)16-3-2-9-10(13)14-6-15-11(9)16/h2-3,6-8,12H,4-5H2,1H3,(H,20,21)(H,22,23)(H2,13,14,15)(H2,17,18,19)/t7-,8-,12+/m0/s1. The maximum absolute atomic E-state index is 11.8. The van der Waals surface area contributed by atoms with Crippen LogP contribution in [-0.2, 0) is 31.6 Å². The zero-order valence-electron chi connectivity index (χ0n) is 15.3. The van der Waals surface area contributed by atoms with Gasteiger partial charge in [0.25, 0.3) is 0 Å². The van der Waals surface area contributed by atoms with Gasteiger partial charge in [-0.15, -0.1) is 0 Å². The van der Waals surface area contributed by atoms with Crippen LogP contribution >= 0.6 is 23.5 Å². The van der Waals surface area contributed by atoms with Crippen molar-refractivity contribution in [3.63, 3.8) is 0 Å². The second-order valence-electron chi connectivity index (χ2n) is 6.47. The lowest BCUT2D eigenvalue weighted by Gasteiger charge is -2.19. The predicted octanol–water partition coefficient (Wildman–Crippen LogP) is 1.28. The Morgan fingerprint density at radius 3 is 2.57 bits per heavy atom. The molecule has 0 aliphatic carbocycles. The monoisotopic (exact) mass is 488 g/mol. The second-order valence-corrected chi connectivity index (χ2v) is 10.9. The van der Waals surface area contributed by atoms with Crippen molar-refractivity contribution < 1.29 is 51.2 Å². The SMILES string of the molecule is C[C@H]1C[C@@H](COP(=O)(O)OP(=O)(O)OP(=O)(O)O)O[C@H]1n1ccc2c(N)ncnc21. The van der Waals surface area contributed by atoms with Crippen LogP contribution in [-0.4, -0.2) is 46.8 Å². The largest absolute Gasteiger partial charge is 0.490 e. The Morgan fingerprint density at radius 2 is 1.90 bits per heavy atom. The zero-order valence-corrected chi connectivity index (χ0v) is 18.0. The summed E-state index contributed by atoms with van der Waals surface area (Å²) in [5, 5.41) is 0.630. The van der Waals surface area contributed by atoms with Crippen LogP contribution in [0.2, 0.25) is 0 Å². The molecule has 3 heterocycles. The van der Waals surface area contributed by atoms with Crippen molar-refractivity contribution in [2.45, 2.75) is 25.7 Å². The van der Waals surface area contributed by atoms with Gasteiger partial charge in [0, 0.05) is 12.1 Å². The number of phosphoric ester groups is 1. The van der Waals surface area contributed by atoms with Gasteiger partial charge in [-0.2, -0.15) is 8.62 Å². The molecule has 1 fully saturated rings. The minimum absolute atomic E-state index is 0.0775. The molecule has 0 saturated carbocycles. The minimum Gasteiger partial charge on any atom is -0.383 e. The summed E-state index contributed by atoms with van der Waals surface area (Å²) in [5.74, 6) is 0.222. The third kappa shape index (κ3) is 5.72. The fourth-order valence-corrected chi connectivity index (χ4v) is 6.09. The van der Waals surface area contributed by atoms with Crippen molar-refractivity contribution in [3.05, 3.63) is 18.6 Å². The number of hydrogen-bond acceptors (Lipinski definition) is 10. The molecule has 30 heavy (non-hydrogen) atoms. The lowest BCUT2D eigenvalue weighted by atomic mass is 10.1. The minimum atomic E-state index is -5.56. The van der Waals surface area contributed by atoms with Crippen molar-refractivity contribution in [1.29, 1.82) is 0 Å². The Kier molecular flexibility index (Phi) is 6.55. The second kappa shape index (κ2) is 8.38. The molecule has 3 rings (SSSR count). The van der Waals surface area contributed by atoms with Crippen LogP contribution in [0.4, 0.5) is 5.82 Å². The number of rotatable bonds is 8. The molecule has 2 aromatic rings. The number of nitrogens with zero attached hydrogens (tertiary/aromatic N) is 3. The first-order valence-corrected chi connectivity index (χ1v) is 12.8. The van der Waals surface area contributed by atoms with E-state index >= 15 is 0 Å². The lowest BCUT2D eigenvalue weighted by molar-refractivity contribution is -0.0287. The molecule has 5 atom stereocenters. The van der Waals surface area contributed by atoms with Crippen LogP contribution in [0.5, 0.6) is 0 Å². The summed E-state index contributed by atoms with van der Waals surface area (Å²) >= 11 is 0. The van der Waals surface area contributed by atoms with E-state index in [1.807, 2.05) is 6.92 Å². The normalized spacial score (nSPS) is 26.5. The maximum atomic E-state index is 11.8. The molecule has 0 radical (unpaired) electrons. The van der Waals surface area contributed by atoms with Crippen LogP contribution in [0.25, 0.3) is 11.0 Å². The smallest absolute Gasteiger partial charge is 0.383 e. The first kappa shape index (κ1) is 23.5. The molecule has 18 heteroatoms. The van der Waals surface area contributed by atoms with E-state index in [1.54, 1.807) is 16.8 Å². The quantitative estimate of drug-likeness (QED) is 0.330. The van der Waals surface area contributed by atoms with Gasteiger partial charge in [0.1, 0.15) is 24.0 Å². The molecule has 6 N–H and O–H groups in total. The average molecular weight is 488 g/mol. The molecule has 0 bridgehead atoms. The Balaban J connectivity index is 1.63. The lowest BCUT2D eigenvalue weighted by Crippen LogP contribution is -2.17. The summed E-state index contributed by atoms with van der Waals surface area (Å²) in [6.07, 6.45) is 2.20. The summed E-state index contributed by atoms with van der Waals surface area (Å²) in [7, 11) is -16.2. The molecular weight excluding hydrogens is 469 g/mol. The number of nitrogen functional groups attached to an aromatic ring is 1. The van der Waals surface area contributed by atoms with Gasteiger partial charge in [0.2, 0.25) is 0 Å². The molecule has 1 aliphatic heterocycles. The van der Waals surface area contributed by atoms with Gasteiger partial charge in [0.05, 0.1) is 18.1 Å². The number of nitrogens with two attached hydrogens (primary N) is 1. The third-order valence-electron chi connectivity index (χ3n) is 4.11. The molecule has 0 aromatic carbocycles. The Hall–Kier alpha value is -1.21. The van der Waals surface area contributed by atoms with Gasteiger partial charge in [0.15, 0.2) is 0 Å². The predicted molar refractivity (Wildman–Crippen MR) is 99.4 cm³/mol. The third-order valence-corrected chi connectivity index (χ3v) is 7.91. The number of anilines is 1. The fourth-order valence-electron chi connectivity index (χ4n) is 3.04. The Morgan fingerprint density at radius 1 is 1.20 bits per heavy atom. The molecule has 0 spiro atoms. The topological polar surface area (TPSA) is 226 Å². The van der Waals surface area contributed by atoms with Gasteiger partial charge >= 0.3 is 23.5 Å². The van der Waals surface area contributed by atoms with Gasteiger partial charge in [-0.1, -0.05) is 6.92 Å². The van der Waals surface area contributed by atoms with E-state index in [2.05, 4.69) is 23.1 Å². The highest BCUT2D eigenvalue weighted by atomic mass is 31.3. The number of aromatic nitrogens is 3. The summed E-state index contributed by atoms with van der Waals surface area (Å²) in [6.45, 7) is 1.35. The Labute approximate surface area is 169 Å². The number of ether oxygens (including phenoxy) is 1. The average Bonchev–Trinajstić information content (AvgIpc) is 3.13. The van der Waals surface area contributed by atoms with Crippen LogP contribution in [0, 0.1) is 5.92 Å². The maximum Gasteiger partial charge on any atom is 0.490 e. The molecule has 168 valence electrons. The van der Waals surface area contributed by atoms with E-state index in [9.17, 15) is 18.6 Å². The van der Waals surface area contributed by atoms with Crippen LogP contribution < -0.4 is 5.73 Å². The summed E-state index contributed by atoms with van der Waals surface area (Å²) in [4.78, 5) is 43.8. The van der Waals surface area contributed by atoms with Crippen molar-refractivity contribution >= 4 is 40.3 Å². The highest BCUT2D eigenvalue weighted by molar-refractivity contribution is 7.66. The summed E-state index contributed by atoms with van der Waals surface area (Å²) in [6, 6.07) is 1.72. The van der Waals surface area contributed by atoms with Crippen molar-refractivity contribution in [2.75, 3.05) is 12.3 Å². The van der Waals surface area contributed by atoms with Crippen LogP contribution in [0.15, 0.2) is 18.6 Å². The van der Waals surface area contributed by atoms with Gasteiger partial charge in [-0.3, -0.25) is 4.52 Å². The first-order chi connectivity index (χ1) is 13.8. The Bertz CT molecular complexity index is 1070. The van der Waals surface area contributed by atoms with Gasteiger partial charge in [-0.25, -0.2) is 23.7 Å². The van der Waals surface area contributed by atoms with E-state index in [1.165, 1.54) is 6.33 Å². The number of phosphoric acid groups is 3. The number of hydrogen-bond donors (Lipinski definition) is 5. The van der Waals surface area contributed by atoms with Crippen molar-refractivity contribution in [3.8, 4) is 0 Å². The van der Waals surface area contributed by atoms with E-state index in [-0.39, 0.29) is 5.92 Å². The van der Waals surface area contributed by atoms with Gasteiger partial charge in [-0.05, 0) is 12.5 Å². The van der Waals surface area contributed by atoms with E-state index in [0.717, 1.165) is 0 Å². The summed E-state index contributed by atoms with van der Waals surface area (Å²) in [5.41, 5.74) is 6.35. The highest BCUT2D eigenvalue weighted by Crippen LogP contribution is 2.66. The fraction of sp³-hybridized carbons (Fsp3) is 0.500. The van der Waals surface area contributed by atoms with Crippen molar-refractivity contribution in [1.82, 2.24) is 14.5 Å². The molecule has 1 saturated heterocycles. The molecule has 2 unspecified atom stereocenters. The van der Waals surface area contributed by atoms with Gasteiger partial charge < -0.3 is 34.6 Å². The van der Waals surface area contributed by atoms with Crippen LogP contribution in [0.3, 0.4) is 0 Å². The van der Waals surface area contributed by atoms with E-state index in [4.69, 9.17) is 25.2 Å². The summed E-state index contributed by atoms with van der Waals surface area (Å²) < 4.78 is 53.3. The molecular formula is C12H19N4O11P3. The van der Waals surface area contributed by atoms with Crippen LogP contribution in [0.1, 0.15) is 19.6 Å². The molecule has 0 amide bonds. The first-order valence-electron chi connectivity index (χ1n) is 8.27. The molecule has 1 aliphatic rings. The molecule has 2 aromatic heterocycles. The van der Waals surface area contributed by atoms with E-state index in [0.29, 0.717) is 23.3 Å². The zero-order chi connectivity index (χ0) is 22.3. The number of fused-ring (bicyclic) bond motifs is 1.